The average Bonchev–Trinajstić information content (AvgIpc) is 2.84. The Morgan fingerprint density at radius 2 is 2.24 bits per heavy atom. The zero-order valence-electron chi connectivity index (χ0n) is 8.35. The number of nitrogens with one attached hydrogen (secondary N) is 1. The first-order valence-corrected chi connectivity index (χ1v) is 5.80. The SMILES string of the molecule is O=c1cc(-c2nnn[nH]2)oc2c(I)cccc12. The van der Waals surface area contributed by atoms with E-state index < -0.39 is 0 Å². The summed E-state index contributed by atoms with van der Waals surface area (Å²) in [6, 6.07) is 6.79. The molecule has 0 aliphatic carbocycles. The predicted octanol–water partition coefficient (Wildman–Crippen LogP) is 1.58. The summed E-state index contributed by atoms with van der Waals surface area (Å²) >= 11 is 2.11. The highest BCUT2D eigenvalue weighted by Crippen LogP contribution is 2.22. The van der Waals surface area contributed by atoms with Crippen molar-refractivity contribution in [2.45, 2.75) is 0 Å². The molecular formula is C10H5IN4O2. The third-order valence-corrected chi connectivity index (χ3v) is 3.13. The Morgan fingerprint density at radius 1 is 1.35 bits per heavy atom. The molecule has 7 heteroatoms. The summed E-state index contributed by atoms with van der Waals surface area (Å²) in [6.07, 6.45) is 0. The van der Waals surface area contributed by atoms with E-state index in [1.807, 2.05) is 12.1 Å². The van der Waals surface area contributed by atoms with E-state index in [4.69, 9.17) is 4.42 Å². The minimum atomic E-state index is -0.115. The van der Waals surface area contributed by atoms with Crippen molar-refractivity contribution < 1.29 is 4.42 Å². The van der Waals surface area contributed by atoms with Crippen molar-refractivity contribution in [1.82, 2.24) is 20.6 Å². The molecule has 0 bridgehead atoms. The molecule has 17 heavy (non-hydrogen) atoms. The largest absolute Gasteiger partial charge is 0.451 e. The highest BCUT2D eigenvalue weighted by molar-refractivity contribution is 14.1. The van der Waals surface area contributed by atoms with Gasteiger partial charge in [0.2, 0.25) is 5.82 Å². The van der Waals surface area contributed by atoms with Gasteiger partial charge in [-0.3, -0.25) is 4.79 Å². The van der Waals surface area contributed by atoms with Crippen LogP contribution in [0.2, 0.25) is 0 Å². The number of halogens is 1. The number of aromatic nitrogens is 4. The van der Waals surface area contributed by atoms with Crippen molar-refractivity contribution in [2.75, 3.05) is 0 Å². The second kappa shape index (κ2) is 3.91. The van der Waals surface area contributed by atoms with Crippen LogP contribution >= 0.6 is 22.6 Å². The molecule has 0 fully saturated rings. The summed E-state index contributed by atoms with van der Waals surface area (Å²) in [5, 5.41) is 13.7. The van der Waals surface area contributed by atoms with Gasteiger partial charge in [-0.05, 0) is 45.2 Å². The number of fused-ring (bicyclic) bond motifs is 1. The normalized spacial score (nSPS) is 10.9. The Hall–Kier alpha value is -1.77. The van der Waals surface area contributed by atoms with Gasteiger partial charge in [-0.2, -0.15) is 0 Å². The lowest BCUT2D eigenvalue weighted by atomic mass is 10.2. The number of H-pyrrole nitrogens is 1. The molecule has 0 aliphatic heterocycles. The highest BCUT2D eigenvalue weighted by atomic mass is 127. The van der Waals surface area contributed by atoms with Crippen LogP contribution in [0.3, 0.4) is 0 Å². The van der Waals surface area contributed by atoms with Gasteiger partial charge in [-0.25, -0.2) is 5.10 Å². The summed E-state index contributed by atoms with van der Waals surface area (Å²) in [5.74, 6) is 0.667. The fourth-order valence-electron chi connectivity index (χ4n) is 1.52. The predicted molar refractivity (Wildman–Crippen MR) is 68.4 cm³/mol. The standard InChI is InChI=1S/C10H5IN4O2/c11-6-3-1-2-5-7(16)4-8(17-9(5)6)10-12-14-15-13-10/h1-4H,(H,12,13,14,15). The van der Waals surface area contributed by atoms with Gasteiger partial charge in [0.15, 0.2) is 16.8 Å². The lowest BCUT2D eigenvalue weighted by Gasteiger charge is -2.01. The highest BCUT2D eigenvalue weighted by Gasteiger charge is 2.11. The Balaban J connectivity index is 2.38. The number of hydrogen-bond donors (Lipinski definition) is 1. The van der Waals surface area contributed by atoms with Crippen LogP contribution in [0.4, 0.5) is 0 Å². The first-order chi connectivity index (χ1) is 8.25. The molecule has 3 rings (SSSR count). The van der Waals surface area contributed by atoms with Crippen LogP contribution in [-0.2, 0) is 0 Å². The third-order valence-electron chi connectivity index (χ3n) is 2.29. The number of tetrazole rings is 1. The summed E-state index contributed by atoms with van der Waals surface area (Å²) in [5.41, 5.74) is 0.433. The van der Waals surface area contributed by atoms with Crippen LogP contribution in [0.25, 0.3) is 22.6 Å². The molecule has 0 radical (unpaired) electrons. The number of rotatable bonds is 1. The van der Waals surface area contributed by atoms with E-state index in [1.165, 1.54) is 6.07 Å². The molecule has 0 aliphatic rings. The average molecular weight is 340 g/mol. The minimum absolute atomic E-state index is 0.115. The van der Waals surface area contributed by atoms with Crippen molar-refractivity contribution in [1.29, 1.82) is 0 Å². The molecule has 0 unspecified atom stereocenters. The Morgan fingerprint density at radius 3 is 3.00 bits per heavy atom. The summed E-state index contributed by atoms with van der Waals surface area (Å²) in [6.45, 7) is 0. The zero-order valence-corrected chi connectivity index (χ0v) is 10.5. The van der Waals surface area contributed by atoms with Crippen molar-refractivity contribution in [3.05, 3.63) is 38.1 Å². The van der Waals surface area contributed by atoms with Crippen LogP contribution in [0, 0.1) is 3.57 Å². The number of nitrogens with zero attached hydrogens (tertiary/aromatic N) is 3. The van der Waals surface area contributed by atoms with Crippen LogP contribution in [0.1, 0.15) is 0 Å². The minimum Gasteiger partial charge on any atom is -0.451 e. The number of hydrogen-bond acceptors (Lipinski definition) is 5. The third kappa shape index (κ3) is 1.71. The van der Waals surface area contributed by atoms with Crippen LogP contribution in [0.15, 0.2) is 33.5 Å². The summed E-state index contributed by atoms with van der Waals surface area (Å²) in [7, 11) is 0. The quantitative estimate of drug-likeness (QED) is 0.680. The topological polar surface area (TPSA) is 84.7 Å². The molecule has 2 aromatic heterocycles. The molecule has 3 aromatic rings. The lowest BCUT2D eigenvalue weighted by Crippen LogP contribution is -2.01. The molecule has 1 aromatic carbocycles. The Bertz CT molecular complexity index is 736. The number of para-hydroxylation sites is 1. The van der Waals surface area contributed by atoms with E-state index in [1.54, 1.807) is 6.07 Å². The van der Waals surface area contributed by atoms with E-state index in [0.717, 1.165) is 3.57 Å². The van der Waals surface area contributed by atoms with Gasteiger partial charge in [0.1, 0.15) is 0 Å². The molecule has 0 spiro atoms. The summed E-state index contributed by atoms with van der Waals surface area (Å²) < 4.78 is 6.50. The van der Waals surface area contributed by atoms with Crippen molar-refractivity contribution in [2.24, 2.45) is 0 Å². The molecule has 0 atom stereocenters. The molecule has 1 N–H and O–H groups in total. The molecule has 0 amide bonds. The number of benzene rings is 1. The van der Waals surface area contributed by atoms with E-state index in [-0.39, 0.29) is 5.43 Å². The second-order valence-corrected chi connectivity index (χ2v) is 4.50. The van der Waals surface area contributed by atoms with E-state index in [2.05, 4.69) is 43.2 Å². The Labute approximate surface area is 108 Å². The van der Waals surface area contributed by atoms with Crippen LogP contribution < -0.4 is 5.43 Å². The van der Waals surface area contributed by atoms with E-state index in [9.17, 15) is 4.79 Å². The maximum Gasteiger partial charge on any atom is 0.215 e. The van der Waals surface area contributed by atoms with Gasteiger partial charge < -0.3 is 4.42 Å². The molecule has 84 valence electrons. The summed E-state index contributed by atoms with van der Waals surface area (Å²) in [4.78, 5) is 11.9. The molecule has 0 saturated heterocycles. The lowest BCUT2D eigenvalue weighted by molar-refractivity contribution is 0.610. The molecule has 0 saturated carbocycles. The monoisotopic (exact) mass is 340 g/mol. The van der Waals surface area contributed by atoms with Crippen LogP contribution in [0.5, 0.6) is 0 Å². The van der Waals surface area contributed by atoms with Crippen molar-refractivity contribution >= 4 is 33.6 Å². The fraction of sp³-hybridized carbons (Fsp3) is 0. The smallest absolute Gasteiger partial charge is 0.215 e. The molecule has 2 heterocycles. The van der Waals surface area contributed by atoms with E-state index >= 15 is 0 Å². The first kappa shape index (κ1) is 10.4. The molecule has 6 nitrogen and oxygen atoms in total. The number of aromatic amines is 1. The maximum absolute atomic E-state index is 11.9. The van der Waals surface area contributed by atoms with Gasteiger partial charge in [0.05, 0.1) is 8.96 Å². The first-order valence-electron chi connectivity index (χ1n) is 4.72. The van der Waals surface area contributed by atoms with E-state index in [0.29, 0.717) is 22.6 Å². The van der Waals surface area contributed by atoms with Gasteiger partial charge in [-0.15, -0.1) is 5.10 Å². The zero-order chi connectivity index (χ0) is 11.8. The Kier molecular flexibility index (Phi) is 2.39. The van der Waals surface area contributed by atoms with Gasteiger partial charge in [0.25, 0.3) is 0 Å². The van der Waals surface area contributed by atoms with Crippen molar-refractivity contribution in [3.8, 4) is 11.6 Å². The van der Waals surface area contributed by atoms with Gasteiger partial charge >= 0.3 is 0 Å². The van der Waals surface area contributed by atoms with Gasteiger partial charge in [0, 0.05) is 6.07 Å². The van der Waals surface area contributed by atoms with Gasteiger partial charge in [-0.1, -0.05) is 6.07 Å². The maximum atomic E-state index is 11.9. The fourth-order valence-corrected chi connectivity index (χ4v) is 2.13. The van der Waals surface area contributed by atoms with Crippen molar-refractivity contribution in [3.63, 3.8) is 0 Å². The van der Waals surface area contributed by atoms with Crippen LogP contribution in [-0.4, -0.2) is 20.6 Å². The second-order valence-electron chi connectivity index (χ2n) is 3.34. The molecular weight excluding hydrogens is 335 g/mol.